The molecule has 19 valence electrons. The Morgan fingerprint density at radius 3 is 1.00 bits per heavy atom. The molecule has 4 heteroatoms. The molecule has 0 rings (SSSR count). The van der Waals surface area contributed by atoms with Gasteiger partial charge < -0.3 is 0 Å². The third-order valence-corrected chi connectivity index (χ3v) is 0. The Morgan fingerprint density at radius 1 is 1.00 bits per heavy atom. The average molecular weight is 374 g/mol. The van der Waals surface area contributed by atoms with Crippen molar-refractivity contribution in [2.75, 3.05) is 0 Å². The first-order chi connectivity index (χ1) is 0. The van der Waals surface area contributed by atoms with Crippen molar-refractivity contribution in [2.45, 2.75) is 0 Å². The summed E-state index contributed by atoms with van der Waals surface area (Å²) in [7, 11) is 0. The molecule has 0 aromatic heterocycles. The van der Waals surface area contributed by atoms with Gasteiger partial charge in [0, 0.05) is 87.5 Å². The van der Waals surface area contributed by atoms with Gasteiger partial charge in [-0.2, -0.15) is 0 Å². The maximum absolute atomic E-state index is 0. The predicted molar refractivity (Wildman–Crippen MR) is 0 cm³/mol. The van der Waals surface area contributed by atoms with Crippen LogP contribution in [0.25, 0.3) is 0 Å². The van der Waals surface area contributed by atoms with Crippen LogP contribution < -0.4 is 0 Å². The van der Waals surface area contributed by atoms with Crippen molar-refractivity contribution in [1.82, 2.24) is 0 Å². The smallest absolute Gasteiger partial charge is 0 e. The van der Waals surface area contributed by atoms with E-state index in [0.29, 0.717) is 0 Å². The van der Waals surface area contributed by atoms with Gasteiger partial charge in [0.05, 0.1) is 0 Å². The fourth-order valence-electron chi connectivity index (χ4n) is 0. The molecule has 0 bridgehead atoms. The predicted octanol–water partition coefficient (Wildman–Crippen LogP) is -0.0100. The maximum Gasteiger partial charge on any atom is 0 e. The minimum atomic E-state index is 0. The molecular formula is TiVWZr. The molecular weight excluding hydrogens is 374 g/mol. The number of hydrogen-bond donors (Lipinski definition) is 0. The van der Waals surface area contributed by atoms with Crippen LogP contribution in [0.2, 0.25) is 0 Å². The molecule has 0 aliphatic heterocycles. The van der Waals surface area contributed by atoms with Crippen LogP contribution in [0.3, 0.4) is 0 Å². The van der Waals surface area contributed by atoms with Crippen molar-refractivity contribution in [2.24, 2.45) is 0 Å². The van der Waals surface area contributed by atoms with Crippen LogP contribution >= 0.6 is 0 Å². The van der Waals surface area contributed by atoms with Crippen LogP contribution in [-0.2, 0) is 87.5 Å². The second kappa shape index (κ2) is 16.9. The average Bonchev–Trinajstić information content (AvgIpc) is 0. The summed E-state index contributed by atoms with van der Waals surface area (Å²) in [6.45, 7) is 0. The molecule has 0 heterocycles. The molecule has 0 aromatic carbocycles. The minimum Gasteiger partial charge on any atom is 0 e. The van der Waals surface area contributed by atoms with E-state index in [1.54, 1.807) is 0 Å². The second-order valence-corrected chi connectivity index (χ2v) is 0. The van der Waals surface area contributed by atoms with E-state index in [1.807, 2.05) is 0 Å². The van der Waals surface area contributed by atoms with Gasteiger partial charge in [0.2, 0.25) is 0 Å². The van der Waals surface area contributed by atoms with E-state index >= 15 is 0 Å². The minimum absolute atomic E-state index is 0. The molecule has 0 aliphatic rings. The molecule has 0 N–H and O–H groups in total. The molecule has 4 heavy (non-hydrogen) atoms. The van der Waals surface area contributed by atoms with Gasteiger partial charge in [-0.3, -0.25) is 0 Å². The van der Waals surface area contributed by atoms with Crippen molar-refractivity contribution in [1.29, 1.82) is 0 Å². The van der Waals surface area contributed by atoms with Crippen molar-refractivity contribution >= 4 is 0 Å². The van der Waals surface area contributed by atoms with Crippen molar-refractivity contribution in [3.63, 3.8) is 0 Å². The van der Waals surface area contributed by atoms with Crippen LogP contribution in [0.15, 0.2) is 0 Å². The summed E-state index contributed by atoms with van der Waals surface area (Å²) in [6, 6.07) is 0. The zero-order chi connectivity index (χ0) is 0. The Hall–Kier alpha value is 2.87. The van der Waals surface area contributed by atoms with E-state index in [1.165, 1.54) is 0 Å². The fourth-order valence-corrected chi connectivity index (χ4v) is 0. The molecule has 1 radical (unpaired) electrons. The van der Waals surface area contributed by atoms with Gasteiger partial charge in [0.25, 0.3) is 0 Å². The first-order valence-electron chi connectivity index (χ1n) is 0. The number of hydrogen-bond acceptors (Lipinski definition) is 0. The van der Waals surface area contributed by atoms with E-state index in [9.17, 15) is 0 Å². The van der Waals surface area contributed by atoms with Crippen LogP contribution in [0, 0.1) is 0 Å². The van der Waals surface area contributed by atoms with Gasteiger partial charge in [0.15, 0.2) is 0 Å². The fraction of sp³-hybridized carbons (Fsp3) is 0. The van der Waals surface area contributed by atoms with Gasteiger partial charge in [0.1, 0.15) is 0 Å². The Bertz CT molecular complexity index is 8.00. The molecule has 0 unspecified atom stereocenters. The van der Waals surface area contributed by atoms with Gasteiger partial charge in [-0.05, 0) is 0 Å². The van der Waals surface area contributed by atoms with Gasteiger partial charge >= 0.3 is 0 Å². The van der Waals surface area contributed by atoms with E-state index in [2.05, 4.69) is 0 Å². The second-order valence-electron chi connectivity index (χ2n) is 0. The summed E-state index contributed by atoms with van der Waals surface area (Å²) in [4.78, 5) is 0. The van der Waals surface area contributed by atoms with Crippen LogP contribution in [0.4, 0.5) is 0 Å². The van der Waals surface area contributed by atoms with E-state index in [0.717, 1.165) is 0 Å². The van der Waals surface area contributed by atoms with Crippen LogP contribution in [0.5, 0.6) is 0 Å². The monoisotopic (exact) mass is 373 g/mol. The SMILES string of the molecule is [Ti].[V].[W].[Zr]. The molecule has 0 aliphatic carbocycles. The Kier molecular flexibility index (Phi) is 121. The molecule has 0 saturated carbocycles. The summed E-state index contributed by atoms with van der Waals surface area (Å²) in [5, 5.41) is 0. The zero-order valence-electron chi connectivity index (χ0n) is 1.86. The molecule has 0 aromatic rings. The standard InChI is InChI=1S/Ti.V.W.Zr. The van der Waals surface area contributed by atoms with Crippen molar-refractivity contribution in [3.8, 4) is 0 Å². The number of rotatable bonds is 0. The summed E-state index contributed by atoms with van der Waals surface area (Å²) in [5.74, 6) is 0. The molecule has 0 fully saturated rings. The molecule has 0 amide bonds. The summed E-state index contributed by atoms with van der Waals surface area (Å²) >= 11 is 0. The van der Waals surface area contributed by atoms with Crippen molar-refractivity contribution < 1.29 is 87.5 Å². The van der Waals surface area contributed by atoms with Crippen LogP contribution in [-0.4, -0.2) is 0 Å². The first kappa shape index (κ1) is 28.7. The van der Waals surface area contributed by atoms with Gasteiger partial charge in [-0.15, -0.1) is 0 Å². The van der Waals surface area contributed by atoms with E-state index < -0.39 is 0 Å². The van der Waals surface area contributed by atoms with Crippen molar-refractivity contribution in [3.05, 3.63) is 0 Å². The third-order valence-electron chi connectivity index (χ3n) is 0. The summed E-state index contributed by atoms with van der Waals surface area (Å²) < 4.78 is 0. The van der Waals surface area contributed by atoms with Gasteiger partial charge in [-0.25, -0.2) is 0 Å². The Morgan fingerprint density at radius 2 is 1.00 bits per heavy atom. The largest absolute Gasteiger partial charge is 0 e. The maximum atomic E-state index is 0. The Balaban J connectivity index is 0. The first-order valence-corrected chi connectivity index (χ1v) is 0. The Labute approximate surface area is 86.0 Å². The molecule has 0 saturated heterocycles. The molecule has 0 spiro atoms. The summed E-state index contributed by atoms with van der Waals surface area (Å²) in [5.41, 5.74) is 0. The van der Waals surface area contributed by atoms with Crippen LogP contribution in [0.1, 0.15) is 0 Å². The van der Waals surface area contributed by atoms with Gasteiger partial charge in [-0.1, -0.05) is 0 Å². The molecule has 0 atom stereocenters. The van der Waals surface area contributed by atoms with E-state index in [-0.39, 0.29) is 87.5 Å². The third kappa shape index (κ3) is 8.85. The molecule has 0 nitrogen and oxygen atoms in total. The quantitative estimate of drug-likeness (QED) is 0.524. The summed E-state index contributed by atoms with van der Waals surface area (Å²) in [6.07, 6.45) is 0. The zero-order valence-corrected chi connectivity index (χ0v) is 10.2. The topological polar surface area (TPSA) is 0 Å². The van der Waals surface area contributed by atoms with E-state index in [4.69, 9.17) is 0 Å². The normalized spacial score (nSPS) is 0.